The van der Waals surface area contributed by atoms with Crippen LogP contribution in [0, 0.1) is 13.8 Å². The summed E-state index contributed by atoms with van der Waals surface area (Å²) in [5.74, 6) is -1.03. The molecule has 266 valence electrons. The molecule has 5 rings (SSSR count). The van der Waals surface area contributed by atoms with Gasteiger partial charge in [-0.25, -0.2) is 4.98 Å². The number of esters is 3. The first kappa shape index (κ1) is 36.5. The van der Waals surface area contributed by atoms with Crippen molar-refractivity contribution in [1.29, 1.82) is 0 Å². The van der Waals surface area contributed by atoms with E-state index >= 15 is 0 Å². The molecule has 2 aliphatic heterocycles. The van der Waals surface area contributed by atoms with E-state index in [0.717, 1.165) is 86.4 Å². The van der Waals surface area contributed by atoms with Gasteiger partial charge in [-0.2, -0.15) is 0 Å². The number of aryl methyl sites for hydroxylation is 3. The highest BCUT2D eigenvalue weighted by Gasteiger charge is 2.32. The molecule has 2 aliphatic rings. The Bertz CT molecular complexity index is 2020. The molecule has 50 heavy (non-hydrogen) atoms. The number of aromatic nitrogens is 4. The van der Waals surface area contributed by atoms with Crippen LogP contribution < -0.4 is 0 Å². The lowest BCUT2D eigenvalue weighted by molar-refractivity contribution is -0.142. The van der Waals surface area contributed by atoms with Crippen LogP contribution in [0.1, 0.15) is 130 Å². The van der Waals surface area contributed by atoms with E-state index in [1.165, 1.54) is 37.5 Å². The molecule has 0 unspecified atom stereocenters. The van der Waals surface area contributed by atoms with Gasteiger partial charge in [0.2, 0.25) is 0 Å². The molecular weight excluding hydrogens is 632 g/mol. The van der Waals surface area contributed by atoms with Gasteiger partial charge in [-0.15, -0.1) is 0 Å². The van der Waals surface area contributed by atoms with Gasteiger partial charge in [-0.3, -0.25) is 19.4 Å². The minimum atomic E-state index is -0.379. The monoisotopic (exact) mass is 682 g/mol. The maximum absolute atomic E-state index is 12.1. The summed E-state index contributed by atoms with van der Waals surface area (Å²) in [7, 11) is 0. The molecule has 0 aliphatic carbocycles. The topological polar surface area (TPSA) is 136 Å². The molecule has 0 fully saturated rings. The second kappa shape index (κ2) is 15.4. The summed E-state index contributed by atoms with van der Waals surface area (Å²) in [5, 5.41) is 0. The molecule has 3 aromatic heterocycles. The molecule has 5 heterocycles. The number of carbonyl (C=O) groups is 3. The fourth-order valence-corrected chi connectivity index (χ4v) is 7.37. The minimum Gasteiger partial charge on any atom is -0.466 e. The van der Waals surface area contributed by atoms with Crippen molar-refractivity contribution in [3.63, 3.8) is 0 Å². The summed E-state index contributed by atoms with van der Waals surface area (Å²) < 4.78 is 16.5. The zero-order valence-electron chi connectivity index (χ0n) is 30.9. The normalized spacial score (nSPS) is 15.7. The van der Waals surface area contributed by atoms with Crippen molar-refractivity contribution in [2.24, 2.45) is 0 Å². The number of aromatic amines is 2. The lowest BCUT2D eigenvalue weighted by atomic mass is 9.85. The lowest BCUT2D eigenvalue weighted by Crippen LogP contribution is -2.11. The van der Waals surface area contributed by atoms with Gasteiger partial charge in [0, 0.05) is 78.1 Å². The van der Waals surface area contributed by atoms with E-state index in [4.69, 9.17) is 24.2 Å². The SMILES string of the molecule is CCC1=C(C)c2cc3[nH]c(cc4nc(c(CCOC(C)=O)c5[nH]c(cc1n2)c(C)c5COC(C)=O)[C@@H](CCCOC(C)=O)[C@@H]4C)c(C)c3CC. The molecule has 10 heteroatoms. The van der Waals surface area contributed by atoms with Crippen molar-refractivity contribution in [1.82, 2.24) is 19.9 Å². The van der Waals surface area contributed by atoms with E-state index in [-0.39, 0.29) is 43.0 Å². The Hall–Kier alpha value is -4.73. The fourth-order valence-electron chi connectivity index (χ4n) is 7.37. The number of ether oxygens (including phenoxy) is 3. The number of H-pyrrole nitrogens is 2. The molecule has 3 aromatic rings. The number of hydrogen-bond donors (Lipinski definition) is 2. The number of rotatable bonds is 11. The molecule has 0 amide bonds. The first-order chi connectivity index (χ1) is 23.8. The van der Waals surface area contributed by atoms with Crippen LogP contribution in [0.15, 0.2) is 18.2 Å². The standard InChI is InChI=1S/C40H50N4O6/c1-10-28-21(3)33-17-35-23(5)30(13-12-15-48-25(7)45)39(43-35)31(14-16-49-26(8)46)40-32(20-50-27(9)47)24(6)36(44-40)19-38-29(11-2)22(4)34(42-38)18-37(28)41-33/h17-19,23,30,41,44H,10-16,20H2,1-9H3/t23-,30-/m0/s1. The van der Waals surface area contributed by atoms with Crippen LogP contribution in [0.2, 0.25) is 0 Å². The Kier molecular flexibility index (Phi) is 11.3. The highest BCUT2D eigenvalue weighted by molar-refractivity contribution is 5.93. The Labute approximate surface area is 294 Å². The van der Waals surface area contributed by atoms with Gasteiger partial charge in [-0.1, -0.05) is 20.8 Å². The van der Waals surface area contributed by atoms with Crippen molar-refractivity contribution < 1.29 is 28.6 Å². The summed E-state index contributed by atoms with van der Waals surface area (Å²) in [6.45, 7) is 17.6. The second-order valence-corrected chi connectivity index (χ2v) is 13.3. The molecule has 2 N–H and O–H groups in total. The van der Waals surface area contributed by atoms with Gasteiger partial charge in [0.15, 0.2) is 0 Å². The average molecular weight is 683 g/mol. The Morgan fingerprint density at radius 1 is 0.740 bits per heavy atom. The number of fused-ring (bicyclic) bond motifs is 8. The third-order valence-electron chi connectivity index (χ3n) is 10.1. The third kappa shape index (κ3) is 7.54. The Morgan fingerprint density at radius 2 is 1.38 bits per heavy atom. The number of nitrogens with zero attached hydrogens (tertiary/aromatic N) is 2. The summed E-state index contributed by atoms with van der Waals surface area (Å²) in [4.78, 5) is 53.6. The maximum atomic E-state index is 12.1. The van der Waals surface area contributed by atoms with Crippen molar-refractivity contribution >= 4 is 51.1 Å². The highest BCUT2D eigenvalue weighted by atomic mass is 16.5. The maximum Gasteiger partial charge on any atom is 0.302 e. The summed E-state index contributed by atoms with van der Waals surface area (Å²) in [6.07, 6.45) is 3.46. The van der Waals surface area contributed by atoms with Crippen molar-refractivity contribution in [2.75, 3.05) is 13.2 Å². The quantitative estimate of drug-likeness (QED) is 0.117. The molecule has 0 aromatic carbocycles. The molecule has 2 atom stereocenters. The largest absolute Gasteiger partial charge is 0.466 e. The van der Waals surface area contributed by atoms with E-state index in [9.17, 15) is 14.4 Å². The van der Waals surface area contributed by atoms with Gasteiger partial charge in [0.1, 0.15) is 6.61 Å². The van der Waals surface area contributed by atoms with Gasteiger partial charge in [0.05, 0.1) is 30.1 Å². The second-order valence-electron chi connectivity index (χ2n) is 13.3. The number of hydrogen-bond acceptors (Lipinski definition) is 8. The summed E-state index contributed by atoms with van der Waals surface area (Å²) in [6, 6.07) is 6.41. The highest BCUT2D eigenvalue weighted by Crippen LogP contribution is 2.43. The third-order valence-corrected chi connectivity index (χ3v) is 10.1. The van der Waals surface area contributed by atoms with Crippen molar-refractivity contribution in [2.45, 2.75) is 113 Å². The van der Waals surface area contributed by atoms with Crippen LogP contribution in [0.25, 0.3) is 33.2 Å². The molecular formula is C40H50N4O6. The van der Waals surface area contributed by atoms with Crippen LogP contribution in [0.5, 0.6) is 0 Å². The van der Waals surface area contributed by atoms with E-state index in [1.54, 1.807) is 0 Å². The molecule has 0 saturated carbocycles. The lowest BCUT2D eigenvalue weighted by Gasteiger charge is -2.18. The zero-order chi connectivity index (χ0) is 36.3. The van der Waals surface area contributed by atoms with E-state index in [1.807, 2.05) is 6.92 Å². The summed E-state index contributed by atoms with van der Waals surface area (Å²) >= 11 is 0. The predicted molar refractivity (Wildman–Crippen MR) is 195 cm³/mol. The smallest absolute Gasteiger partial charge is 0.302 e. The predicted octanol–water partition coefficient (Wildman–Crippen LogP) is 8.23. The fraction of sp³-hybridized carbons (Fsp3) is 0.475. The molecule has 8 bridgehead atoms. The van der Waals surface area contributed by atoms with Crippen LogP contribution in [0.3, 0.4) is 0 Å². The molecule has 0 radical (unpaired) electrons. The van der Waals surface area contributed by atoms with E-state index < -0.39 is 0 Å². The number of allylic oxidation sites excluding steroid dienone is 2. The van der Waals surface area contributed by atoms with Gasteiger partial charge in [0.25, 0.3) is 0 Å². The Morgan fingerprint density at radius 3 is 2.04 bits per heavy atom. The minimum absolute atomic E-state index is 0.0161. The van der Waals surface area contributed by atoms with Crippen LogP contribution >= 0.6 is 0 Å². The van der Waals surface area contributed by atoms with Crippen molar-refractivity contribution in [3.8, 4) is 0 Å². The van der Waals surface area contributed by atoms with Crippen LogP contribution in [-0.4, -0.2) is 51.1 Å². The van der Waals surface area contributed by atoms with Gasteiger partial charge in [-0.05, 0) is 92.5 Å². The van der Waals surface area contributed by atoms with Crippen LogP contribution in [-0.2, 0) is 48.0 Å². The van der Waals surface area contributed by atoms with E-state index in [2.05, 4.69) is 62.8 Å². The zero-order valence-corrected chi connectivity index (χ0v) is 30.9. The van der Waals surface area contributed by atoms with E-state index in [0.29, 0.717) is 19.4 Å². The molecule has 0 saturated heterocycles. The first-order valence-electron chi connectivity index (χ1n) is 17.7. The van der Waals surface area contributed by atoms with Crippen molar-refractivity contribution in [3.05, 3.63) is 68.8 Å². The first-order valence-corrected chi connectivity index (χ1v) is 17.7. The number of carbonyl (C=O) groups excluding carboxylic acids is 3. The van der Waals surface area contributed by atoms with Crippen LogP contribution in [0.4, 0.5) is 0 Å². The average Bonchev–Trinajstić information content (AvgIpc) is 3.73. The van der Waals surface area contributed by atoms with Gasteiger partial charge < -0.3 is 24.2 Å². The summed E-state index contributed by atoms with van der Waals surface area (Å²) in [5.41, 5.74) is 14.7. The number of nitrogens with one attached hydrogen (secondary N) is 2. The molecule has 10 nitrogen and oxygen atoms in total. The Balaban J connectivity index is 1.92. The van der Waals surface area contributed by atoms with Gasteiger partial charge >= 0.3 is 17.9 Å². The molecule has 0 spiro atoms.